The first-order valence-corrected chi connectivity index (χ1v) is 6.95. The summed E-state index contributed by atoms with van der Waals surface area (Å²) in [5.41, 5.74) is 0. The van der Waals surface area contributed by atoms with Crippen LogP contribution in [0.1, 0.15) is 18.7 Å². The summed E-state index contributed by atoms with van der Waals surface area (Å²) in [6.45, 7) is 4.19. The predicted octanol–water partition coefficient (Wildman–Crippen LogP) is 1.17. The third kappa shape index (κ3) is 3.57. The van der Waals surface area contributed by atoms with Gasteiger partial charge in [-0.1, -0.05) is 13.8 Å². The number of aliphatic hydroxyl groups is 1. The third-order valence-electron chi connectivity index (χ3n) is 1.74. The lowest BCUT2D eigenvalue weighted by molar-refractivity contribution is 0.285. The largest absolute Gasteiger partial charge is 0.391 e. The number of hydrogen-bond donors (Lipinski definition) is 2. The van der Waals surface area contributed by atoms with E-state index in [1.165, 1.54) is 6.07 Å². The molecule has 6 heteroatoms. The van der Waals surface area contributed by atoms with E-state index >= 15 is 0 Å². The zero-order valence-electron chi connectivity index (χ0n) is 8.73. The molecule has 0 unspecified atom stereocenters. The lowest BCUT2D eigenvalue weighted by atomic mass is 10.2. The second kappa shape index (κ2) is 5.07. The van der Waals surface area contributed by atoms with Crippen molar-refractivity contribution >= 4 is 21.4 Å². The molecule has 0 aliphatic heterocycles. The van der Waals surface area contributed by atoms with Gasteiger partial charge in [0.1, 0.15) is 4.21 Å². The molecule has 0 saturated heterocycles. The Morgan fingerprint density at radius 2 is 2.13 bits per heavy atom. The van der Waals surface area contributed by atoms with Crippen LogP contribution in [-0.2, 0) is 16.6 Å². The van der Waals surface area contributed by atoms with Crippen LogP contribution in [0.25, 0.3) is 0 Å². The van der Waals surface area contributed by atoms with Crippen LogP contribution in [0.2, 0.25) is 0 Å². The van der Waals surface area contributed by atoms with Gasteiger partial charge in [-0.15, -0.1) is 11.3 Å². The van der Waals surface area contributed by atoms with Crippen LogP contribution in [0.3, 0.4) is 0 Å². The molecule has 0 atom stereocenters. The van der Waals surface area contributed by atoms with Crippen molar-refractivity contribution in [3.8, 4) is 0 Å². The maximum Gasteiger partial charge on any atom is 0.250 e. The van der Waals surface area contributed by atoms with Gasteiger partial charge in [0.25, 0.3) is 0 Å². The van der Waals surface area contributed by atoms with Gasteiger partial charge in [0, 0.05) is 11.4 Å². The van der Waals surface area contributed by atoms with Crippen molar-refractivity contribution in [3.05, 3.63) is 17.0 Å². The second-order valence-corrected chi connectivity index (χ2v) is 6.79. The van der Waals surface area contributed by atoms with Gasteiger partial charge in [-0.05, 0) is 18.1 Å². The van der Waals surface area contributed by atoms with E-state index in [1.807, 2.05) is 13.8 Å². The molecule has 0 aliphatic rings. The summed E-state index contributed by atoms with van der Waals surface area (Å²) in [5, 5.41) is 8.83. The Balaban J connectivity index is 2.77. The molecule has 1 aromatic rings. The molecule has 86 valence electrons. The Kier molecular flexibility index (Phi) is 4.27. The van der Waals surface area contributed by atoms with E-state index in [4.69, 9.17) is 5.11 Å². The Bertz CT molecular complexity index is 409. The molecule has 4 nitrogen and oxygen atoms in total. The minimum atomic E-state index is -3.39. The van der Waals surface area contributed by atoms with Crippen molar-refractivity contribution in [3.63, 3.8) is 0 Å². The van der Waals surface area contributed by atoms with Crippen molar-refractivity contribution in [2.45, 2.75) is 24.7 Å². The summed E-state index contributed by atoms with van der Waals surface area (Å²) in [6.07, 6.45) is 0. The van der Waals surface area contributed by atoms with Crippen molar-refractivity contribution in [2.75, 3.05) is 6.54 Å². The van der Waals surface area contributed by atoms with Gasteiger partial charge in [-0.3, -0.25) is 0 Å². The molecule has 0 fully saturated rings. The molecule has 15 heavy (non-hydrogen) atoms. The van der Waals surface area contributed by atoms with Crippen LogP contribution < -0.4 is 4.72 Å². The molecular formula is C9H15NO3S2. The van der Waals surface area contributed by atoms with Crippen molar-refractivity contribution in [2.24, 2.45) is 5.92 Å². The van der Waals surface area contributed by atoms with Crippen molar-refractivity contribution in [1.29, 1.82) is 0 Å². The summed E-state index contributed by atoms with van der Waals surface area (Å²) >= 11 is 1.09. The van der Waals surface area contributed by atoms with E-state index in [-0.39, 0.29) is 16.7 Å². The Morgan fingerprint density at radius 3 is 2.60 bits per heavy atom. The monoisotopic (exact) mass is 249 g/mol. The quantitative estimate of drug-likeness (QED) is 0.823. The van der Waals surface area contributed by atoms with Gasteiger partial charge in [0.05, 0.1) is 6.61 Å². The fourth-order valence-electron chi connectivity index (χ4n) is 0.935. The van der Waals surface area contributed by atoms with Crippen molar-refractivity contribution in [1.82, 2.24) is 4.72 Å². The van der Waals surface area contributed by atoms with Crippen molar-refractivity contribution < 1.29 is 13.5 Å². The normalized spacial score (nSPS) is 12.3. The number of aliphatic hydroxyl groups excluding tert-OH is 1. The molecule has 0 radical (unpaired) electrons. The van der Waals surface area contributed by atoms with Gasteiger partial charge in [0.15, 0.2) is 0 Å². The highest BCUT2D eigenvalue weighted by molar-refractivity contribution is 7.91. The maximum atomic E-state index is 11.7. The second-order valence-electron chi connectivity index (χ2n) is 3.62. The van der Waals surface area contributed by atoms with Crippen LogP contribution in [0.5, 0.6) is 0 Å². The average Bonchev–Trinajstić information content (AvgIpc) is 2.63. The Morgan fingerprint density at radius 1 is 1.47 bits per heavy atom. The van der Waals surface area contributed by atoms with Crippen LogP contribution in [0, 0.1) is 5.92 Å². The fraction of sp³-hybridized carbons (Fsp3) is 0.556. The zero-order valence-corrected chi connectivity index (χ0v) is 10.4. The number of sulfonamides is 1. The van der Waals surface area contributed by atoms with E-state index < -0.39 is 10.0 Å². The topological polar surface area (TPSA) is 66.4 Å². The van der Waals surface area contributed by atoms with E-state index in [2.05, 4.69) is 4.72 Å². The van der Waals surface area contributed by atoms with E-state index in [0.717, 1.165) is 11.3 Å². The highest BCUT2D eigenvalue weighted by Gasteiger charge is 2.16. The van der Waals surface area contributed by atoms with Crippen LogP contribution in [0.4, 0.5) is 0 Å². The minimum Gasteiger partial charge on any atom is -0.391 e. The molecule has 2 N–H and O–H groups in total. The van der Waals surface area contributed by atoms with Gasteiger partial charge >= 0.3 is 0 Å². The Labute approximate surface area is 94.0 Å². The third-order valence-corrected chi connectivity index (χ3v) is 4.72. The molecule has 0 spiro atoms. The summed E-state index contributed by atoms with van der Waals surface area (Å²) in [7, 11) is -3.39. The number of rotatable bonds is 5. The molecule has 0 aromatic carbocycles. The first-order valence-electron chi connectivity index (χ1n) is 4.65. The lowest BCUT2D eigenvalue weighted by Gasteiger charge is -2.06. The fourth-order valence-corrected chi connectivity index (χ4v) is 3.41. The van der Waals surface area contributed by atoms with Gasteiger partial charge < -0.3 is 5.11 Å². The van der Waals surface area contributed by atoms with Crippen LogP contribution in [-0.4, -0.2) is 20.1 Å². The van der Waals surface area contributed by atoms with Crippen LogP contribution in [0.15, 0.2) is 16.3 Å². The summed E-state index contributed by atoms with van der Waals surface area (Å²) in [5.74, 6) is 0.275. The molecule has 1 heterocycles. The lowest BCUT2D eigenvalue weighted by Crippen LogP contribution is -2.26. The SMILES string of the molecule is CC(C)CNS(=O)(=O)c1ccc(CO)s1. The molecule has 0 amide bonds. The van der Waals surface area contributed by atoms with E-state index in [9.17, 15) is 8.42 Å². The molecule has 1 rings (SSSR count). The standard InChI is InChI=1S/C9H15NO3S2/c1-7(2)5-10-15(12,13)9-4-3-8(6-11)14-9/h3-4,7,10-11H,5-6H2,1-2H3. The number of thiophene rings is 1. The highest BCUT2D eigenvalue weighted by atomic mass is 32.2. The van der Waals surface area contributed by atoms with E-state index in [1.54, 1.807) is 6.07 Å². The number of hydrogen-bond acceptors (Lipinski definition) is 4. The molecule has 1 aromatic heterocycles. The molecule has 0 saturated carbocycles. The average molecular weight is 249 g/mol. The van der Waals surface area contributed by atoms with Gasteiger partial charge in [-0.25, -0.2) is 13.1 Å². The first kappa shape index (κ1) is 12.6. The summed E-state index contributed by atoms with van der Waals surface area (Å²) in [4.78, 5) is 0.653. The molecule has 0 aliphatic carbocycles. The number of nitrogens with one attached hydrogen (secondary N) is 1. The van der Waals surface area contributed by atoms with Crippen LogP contribution >= 0.6 is 11.3 Å². The summed E-state index contributed by atoms with van der Waals surface area (Å²) < 4.78 is 26.1. The molecule has 0 bridgehead atoms. The van der Waals surface area contributed by atoms with E-state index in [0.29, 0.717) is 11.4 Å². The minimum absolute atomic E-state index is 0.121. The predicted molar refractivity (Wildman–Crippen MR) is 60.3 cm³/mol. The summed E-state index contributed by atoms with van der Waals surface area (Å²) in [6, 6.07) is 3.13. The zero-order chi connectivity index (χ0) is 11.5. The smallest absolute Gasteiger partial charge is 0.250 e. The maximum absolute atomic E-state index is 11.7. The van der Waals surface area contributed by atoms with Gasteiger partial charge in [0.2, 0.25) is 10.0 Å². The highest BCUT2D eigenvalue weighted by Crippen LogP contribution is 2.21. The van der Waals surface area contributed by atoms with Gasteiger partial charge in [-0.2, -0.15) is 0 Å². The Hall–Kier alpha value is -0.430. The first-order chi connectivity index (χ1) is 6.95. The molecular weight excluding hydrogens is 234 g/mol.